The number of hydrogen-bond donors (Lipinski definition) is 0. The summed E-state index contributed by atoms with van der Waals surface area (Å²) in [5.41, 5.74) is 1.69. The first kappa shape index (κ1) is 16.0. The van der Waals surface area contributed by atoms with Gasteiger partial charge in [0.05, 0.1) is 14.7 Å². The molecule has 0 bridgehead atoms. The summed E-state index contributed by atoms with van der Waals surface area (Å²) < 4.78 is 5.43. The SMILES string of the molecule is CCB(CC)/C(CC)=C(\COC)[Si](C)(C)C. The first-order valence-corrected chi connectivity index (χ1v) is 10.1. The summed E-state index contributed by atoms with van der Waals surface area (Å²) in [5.74, 6) is 0. The van der Waals surface area contributed by atoms with E-state index in [0.29, 0.717) is 0 Å². The zero-order chi connectivity index (χ0) is 12.8. The highest BCUT2D eigenvalue weighted by molar-refractivity contribution is 6.85. The van der Waals surface area contributed by atoms with Crippen LogP contribution in [0.5, 0.6) is 0 Å². The van der Waals surface area contributed by atoms with Gasteiger partial charge in [-0.3, -0.25) is 0 Å². The Bertz CT molecular complexity index is 227. The Morgan fingerprint density at radius 2 is 1.56 bits per heavy atom. The van der Waals surface area contributed by atoms with Crippen LogP contribution in [0, 0.1) is 0 Å². The van der Waals surface area contributed by atoms with E-state index in [-0.39, 0.29) is 0 Å². The summed E-state index contributed by atoms with van der Waals surface area (Å²) in [5, 5.41) is 1.64. The van der Waals surface area contributed by atoms with Gasteiger partial charge in [0.1, 0.15) is 0 Å². The van der Waals surface area contributed by atoms with Crippen molar-refractivity contribution in [1.29, 1.82) is 0 Å². The van der Waals surface area contributed by atoms with Crippen molar-refractivity contribution in [2.45, 2.75) is 59.5 Å². The molecule has 1 nitrogen and oxygen atoms in total. The molecule has 0 saturated heterocycles. The van der Waals surface area contributed by atoms with Gasteiger partial charge < -0.3 is 4.74 Å². The highest BCUT2D eigenvalue weighted by atomic mass is 28.3. The van der Waals surface area contributed by atoms with E-state index in [1.807, 2.05) is 7.11 Å². The molecule has 0 aromatic rings. The Morgan fingerprint density at radius 1 is 1.06 bits per heavy atom. The van der Waals surface area contributed by atoms with Gasteiger partial charge in [0.2, 0.25) is 0 Å². The van der Waals surface area contributed by atoms with Gasteiger partial charge in [0, 0.05) is 7.11 Å². The molecule has 0 saturated carbocycles. The van der Waals surface area contributed by atoms with Crippen LogP contribution in [0.15, 0.2) is 10.7 Å². The molecule has 0 unspecified atom stereocenters. The number of allylic oxidation sites excluding steroid dienone is 1. The van der Waals surface area contributed by atoms with Crippen molar-refractivity contribution in [2.24, 2.45) is 0 Å². The molecule has 0 heterocycles. The van der Waals surface area contributed by atoms with Crippen LogP contribution in [-0.4, -0.2) is 28.5 Å². The molecule has 0 rings (SSSR count). The van der Waals surface area contributed by atoms with Crippen LogP contribution in [0.25, 0.3) is 0 Å². The summed E-state index contributed by atoms with van der Waals surface area (Å²) in [6.45, 7) is 15.8. The Labute approximate surface area is 104 Å². The third-order valence-electron chi connectivity index (χ3n) is 3.44. The lowest BCUT2D eigenvalue weighted by molar-refractivity contribution is 0.229. The molecule has 3 heteroatoms. The normalized spacial score (nSPS) is 13.7. The first-order chi connectivity index (χ1) is 7.42. The standard InChI is InChI=1S/C13H29BOSi/c1-8-12(14(9-2)10-3)13(11-15-4)16(5,6)7/h8-11H2,1-7H3/b13-12+. The lowest BCUT2D eigenvalue weighted by Gasteiger charge is -2.27. The molecule has 0 radical (unpaired) electrons. The van der Waals surface area contributed by atoms with Crippen LogP contribution in [0.2, 0.25) is 32.3 Å². The number of hydrogen-bond acceptors (Lipinski definition) is 1. The molecule has 0 aromatic heterocycles. The quantitative estimate of drug-likeness (QED) is 0.603. The maximum Gasteiger partial charge on any atom is 0.169 e. The van der Waals surface area contributed by atoms with Gasteiger partial charge in [-0.1, -0.05) is 58.2 Å². The van der Waals surface area contributed by atoms with Crippen LogP contribution < -0.4 is 0 Å². The summed E-state index contributed by atoms with van der Waals surface area (Å²) in [4.78, 5) is 0. The second-order valence-corrected chi connectivity index (χ2v) is 10.7. The van der Waals surface area contributed by atoms with Crippen molar-refractivity contribution >= 4 is 14.8 Å². The second kappa shape index (κ2) is 7.34. The average Bonchev–Trinajstić information content (AvgIpc) is 2.21. The molecule has 0 atom stereocenters. The Kier molecular flexibility index (Phi) is 7.33. The molecule has 0 amide bonds. The van der Waals surface area contributed by atoms with Crippen molar-refractivity contribution in [2.75, 3.05) is 13.7 Å². The molecule has 94 valence electrons. The van der Waals surface area contributed by atoms with Crippen molar-refractivity contribution in [1.82, 2.24) is 0 Å². The van der Waals surface area contributed by atoms with Crippen LogP contribution >= 0.6 is 0 Å². The van der Waals surface area contributed by atoms with E-state index in [1.54, 1.807) is 10.7 Å². The predicted molar refractivity (Wildman–Crippen MR) is 79.3 cm³/mol. The van der Waals surface area contributed by atoms with E-state index in [0.717, 1.165) is 13.3 Å². The predicted octanol–water partition coefficient (Wildman–Crippen LogP) is 4.29. The molecule has 0 aliphatic heterocycles. The molecule has 0 aliphatic carbocycles. The molecule has 16 heavy (non-hydrogen) atoms. The van der Waals surface area contributed by atoms with Crippen LogP contribution in [0.4, 0.5) is 0 Å². The fraction of sp³-hybridized carbons (Fsp3) is 0.846. The van der Waals surface area contributed by atoms with Gasteiger partial charge in [0.25, 0.3) is 0 Å². The van der Waals surface area contributed by atoms with Crippen LogP contribution in [-0.2, 0) is 4.74 Å². The van der Waals surface area contributed by atoms with Crippen LogP contribution in [0.3, 0.4) is 0 Å². The molecule has 0 aromatic carbocycles. The largest absolute Gasteiger partial charge is 0.381 e. The smallest absolute Gasteiger partial charge is 0.169 e. The van der Waals surface area contributed by atoms with E-state index in [4.69, 9.17) is 4.74 Å². The van der Waals surface area contributed by atoms with E-state index in [9.17, 15) is 0 Å². The van der Waals surface area contributed by atoms with Gasteiger partial charge in [0.15, 0.2) is 6.71 Å². The van der Waals surface area contributed by atoms with Crippen molar-refractivity contribution in [3.05, 3.63) is 10.7 Å². The second-order valence-electron chi connectivity index (χ2n) is 5.55. The maximum absolute atomic E-state index is 5.43. The van der Waals surface area contributed by atoms with E-state index in [2.05, 4.69) is 40.4 Å². The minimum absolute atomic E-state index is 0.766. The Hall–Kier alpha value is -0.0182. The van der Waals surface area contributed by atoms with Gasteiger partial charge in [-0.25, -0.2) is 0 Å². The molecular formula is C13H29BOSi. The van der Waals surface area contributed by atoms with E-state index in [1.165, 1.54) is 19.1 Å². The average molecular weight is 240 g/mol. The highest BCUT2D eigenvalue weighted by Crippen LogP contribution is 2.25. The van der Waals surface area contributed by atoms with E-state index < -0.39 is 8.07 Å². The minimum Gasteiger partial charge on any atom is -0.381 e. The minimum atomic E-state index is -1.23. The fourth-order valence-corrected chi connectivity index (χ4v) is 4.39. The molecule has 0 spiro atoms. The highest BCUT2D eigenvalue weighted by Gasteiger charge is 2.26. The van der Waals surface area contributed by atoms with E-state index >= 15 is 0 Å². The number of methoxy groups -OCH3 is 1. The summed E-state index contributed by atoms with van der Waals surface area (Å²) in [6, 6.07) is 0. The monoisotopic (exact) mass is 240 g/mol. The van der Waals surface area contributed by atoms with Gasteiger partial charge in [-0.05, 0) is 6.42 Å². The maximum atomic E-state index is 5.43. The van der Waals surface area contributed by atoms with Gasteiger partial charge in [-0.2, -0.15) is 0 Å². The van der Waals surface area contributed by atoms with Crippen LogP contribution in [0.1, 0.15) is 27.2 Å². The lowest BCUT2D eigenvalue weighted by Crippen LogP contribution is -2.32. The number of rotatable bonds is 7. The third-order valence-corrected chi connectivity index (χ3v) is 5.72. The zero-order valence-corrected chi connectivity index (χ0v) is 13.3. The molecular weight excluding hydrogens is 211 g/mol. The van der Waals surface area contributed by atoms with Crippen molar-refractivity contribution in [3.63, 3.8) is 0 Å². The van der Waals surface area contributed by atoms with Gasteiger partial charge in [-0.15, -0.1) is 5.47 Å². The molecule has 0 aliphatic rings. The first-order valence-electron chi connectivity index (χ1n) is 6.63. The zero-order valence-electron chi connectivity index (χ0n) is 12.3. The van der Waals surface area contributed by atoms with Gasteiger partial charge >= 0.3 is 0 Å². The molecule has 0 fully saturated rings. The Morgan fingerprint density at radius 3 is 1.81 bits per heavy atom. The Balaban J connectivity index is 5.30. The molecule has 0 N–H and O–H groups in total. The topological polar surface area (TPSA) is 9.23 Å². The lowest BCUT2D eigenvalue weighted by atomic mass is 9.40. The fourth-order valence-electron chi connectivity index (χ4n) is 2.47. The summed E-state index contributed by atoms with van der Waals surface area (Å²) >= 11 is 0. The van der Waals surface area contributed by atoms with Crippen molar-refractivity contribution < 1.29 is 4.74 Å². The van der Waals surface area contributed by atoms with Crippen molar-refractivity contribution in [3.8, 4) is 0 Å². The summed E-state index contributed by atoms with van der Waals surface area (Å²) in [6.07, 6.45) is 3.71. The third kappa shape index (κ3) is 4.46. The number of ether oxygens (including phenoxy) is 1. The summed E-state index contributed by atoms with van der Waals surface area (Å²) in [7, 11) is 0.587.